The van der Waals surface area contributed by atoms with Crippen molar-refractivity contribution in [3.63, 3.8) is 0 Å². The van der Waals surface area contributed by atoms with Gasteiger partial charge in [0.25, 0.3) is 0 Å². The maximum absolute atomic E-state index is 9.27. The quantitative estimate of drug-likeness (QED) is 0.698. The molecule has 2 unspecified atom stereocenters. The highest BCUT2D eigenvalue weighted by Gasteiger charge is 2.26. The van der Waals surface area contributed by atoms with E-state index in [-0.39, 0.29) is 6.61 Å². The van der Waals surface area contributed by atoms with Crippen molar-refractivity contribution in [2.24, 2.45) is 5.92 Å². The molecule has 1 aliphatic rings. The number of hydrogen-bond donors (Lipinski definition) is 3. The van der Waals surface area contributed by atoms with Crippen LogP contribution in [0.3, 0.4) is 0 Å². The van der Waals surface area contributed by atoms with E-state index < -0.39 is 0 Å². The summed E-state index contributed by atoms with van der Waals surface area (Å²) in [5.74, 6) is 1.11. The molecule has 4 nitrogen and oxygen atoms in total. The van der Waals surface area contributed by atoms with Gasteiger partial charge >= 0.3 is 0 Å². The molecule has 0 spiro atoms. The minimum absolute atomic E-state index is 0.244. The standard InChI is InChI=1S/C13H20N2O2/c1-17-10-5-6-13(11(14)7-10)15-12-4-2-3-9(12)8-16/h5-7,9,12,15-16H,2-4,8,14H2,1H3. The van der Waals surface area contributed by atoms with Crippen LogP contribution in [-0.4, -0.2) is 24.9 Å². The van der Waals surface area contributed by atoms with Crippen molar-refractivity contribution in [2.75, 3.05) is 24.8 Å². The molecule has 94 valence electrons. The van der Waals surface area contributed by atoms with Crippen molar-refractivity contribution in [1.29, 1.82) is 0 Å². The Morgan fingerprint density at radius 2 is 2.29 bits per heavy atom. The van der Waals surface area contributed by atoms with Crippen LogP contribution in [0.4, 0.5) is 11.4 Å². The summed E-state index contributed by atoms with van der Waals surface area (Å²) < 4.78 is 5.11. The number of methoxy groups -OCH3 is 1. The summed E-state index contributed by atoms with van der Waals surface area (Å²) in [6, 6.07) is 5.96. The summed E-state index contributed by atoms with van der Waals surface area (Å²) in [6.45, 7) is 0.244. The minimum Gasteiger partial charge on any atom is -0.497 e. The fourth-order valence-corrected chi connectivity index (χ4v) is 2.44. The monoisotopic (exact) mass is 236 g/mol. The molecule has 1 aromatic carbocycles. The highest BCUT2D eigenvalue weighted by atomic mass is 16.5. The normalized spacial score (nSPS) is 23.6. The number of nitrogens with one attached hydrogen (secondary N) is 1. The fraction of sp³-hybridized carbons (Fsp3) is 0.538. The third-order valence-corrected chi connectivity index (χ3v) is 3.49. The Morgan fingerprint density at radius 3 is 2.94 bits per heavy atom. The molecule has 1 aromatic rings. The zero-order valence-corrected chi connectivity index (χ0v) is 10.1. The summed E-state index contributed by atoms with van der Waals surface area (Å²) in [7, 11) is 1.63. The minimum atomic E-state index is 0.244. The zero-order chi connectivity index (χ0) is 12.3. The molecular formula is C13H20N2O2. The number of nitrogen functional groups attached to an aromatic ring is 1. The molecule has 1 aliphatic carbocycles. The summed E-state index contributed by atoms with van der Waals surface area (Å²) in [6.07, 6.45) is 3.35. The van der Waals surface area contributed by atoms with Crippen molar-refractivity contribution in [3.05, 3.63) is 18.2 Å². The maximum Gasteiger partial charge on any atom is 0.121 e. The summed E-state index contributed by atoms with van der Waals surface area (Å²) in [5, 5.41) is 12.7. The van der Waals surface area contributed by atoms with Gasteiger partial charge in [0, 0.05) is 24.6 Å². The predicted molar refractivity (Wildman–Crippen MR) is 69.2 cm³/mol. The van der Waals surface area contributed by atoms with Gasteiger partial charge in [-0.15, -0.1) is 0 Å². The second-order valence-electron chi connectivity index (χ2n) is 4.58. The lowest BCUT2D eigenvalue weighted by atomic mass is 10.0. The first-order valence-electron chi connectivity index (χ1n) is 6.05. The van der Waals surface area contributed by atoms with E-state index in [2.05, 4.69) is 5.32 Å². The van der Waals surface area contributed by atoms with Gasteiger partial charge in [0.15, 0.2) is 0 Å². The first-order valence-corrected chi connectivity index (χ1v) is 6.05. The van der Waals surface area contributed by atoms with Gasteiger partial charge in [0.05, 0.1) is 18.5 Å². The molecule has 0 aromatic heterocycles. The molecule has 2 rings (SSSR count). The molecule has 1 saturated carbocycles. The van der Waals surface area contributed by atoms with E-state index in [4.69, 9.17) is 10.5 Å². The van der Waals surface area contributed by atoms with E-state index >= 15 is 0 Å². The van der Waals surface area contributed by atoms with E-state index in [1.165, 1.54) is 6.42 Å². The summed E-state index contributed by atoms with van der Waals surface area (Å²) in [5.41, 5.74) is 7.57. The Kier molecular flexibility index (Phi) is 3.74. The molecular weight excluding hydrogens is 216 g/mol. The van der Waals surface area contributed by atoms with E-state index in [9.17, 15) is 5.11 Å². The third-order valence-electron chi connectivity index (χ3n) is 3.49. The molecule has 2 atom stereocenters. The maximum atomic E-state index is 9.27. The van der Waals surface area contributed by atoms with Gasteiger partial charge in [0.1, 0.15) is 5.75 Å². The van der Waals surface area contributed by atoms with Crippen LogP contribution < -0.4 is 15.8 Å². The second-order valence-corrected chi connectivity index (χ2v) is 4.58. The van der Waals surface area contributed by atoms with Crippen molar-refractivity contribution < 1.29 is 9.84 Å². The fourth-order valence-electron chi connectivity index (χ4n) is 2.44. The van der Waals surface area contributed by atoms with Crippen LogP contribution in [0.15, 0.2) is 18.2 Å². The molecule has 0 bridgehead atoms. The number of rotatable bonds is 4. The van der Waals surface area contributed by atoms with Gasteiger partial charge in [-0.1, -0.05) is 6.42 Å². The molecule has 0 amide bonds. The van der Waals surface area contributed by atoms with Gasteiger partial charge in [-0.05, 0) is 25.0 Å². The molecule has 4 N–H and O–H groups in total. The predicted octanol–water partition coefficient (Wildman–Crippen LogP) is 1.85. The number of anilines is 2. The molecule has 0 heterocycles. The lowest BCUT2D eigenvalue weighted by Gasteiger charge is -2.21. The van der Waals surface area contributed by atoms with Crippen molar-refractivity contribution >= 4 is 11.4 Å². The summed E-state index contributed by atoms with van der Waals surface area (Å²) in [4.78, 5) is 0. The highest BCUT2D eigenvalue weighted by molar-refractivity contribution is 5.68. The summed E-state index contributed by atoms with van der Waals surface area (Å²) >= 11 is 0. The molecule has 0 radical (unpaired) electrons. The zero-order valence-electron chi connectivity index (χ0n) is 10.1. The molecule has 1 fully saturated rings. The van der Waals surface area contributed by atoms with Crippen LogP contribution in [0.2, 0.25) is 0 Å². The highest BCUT2D eigenvalue weighted by Crippen LogP contribution is 2.31. The first-order chi connectivity index (χ1) is 8.24. The first kappa shape index (κ1) is 12.0. The van der Waals surface area contributed by atoms with Gasteiger partial charge < -0.3 is 20.9 Å². The topological polar surface area (TPSA) is 67.5 Å². The Morgan fingerprint density at radius 1 is 1.47 bits per heavy atom. The van der Waals surface area contributed by atoms with E-state index in [0.717, 1.165) is 24.3 Å². The largest absolute Gasteiger partial charge is 0.497 e. The molecule has 17 heavy (non-hydrogen) atoms. The molecule has 0 aliphatic heterocycles. The number of hydrogen-bond acceptors (Lipinski definition) is 4. The average Bonchev–Trinajstić information content (AvgIpc) is 2.79. The lowest BCUT2D eigenvalue weighted by molar-refractivity contribution is 0.222. The average molecular weight is 236 g/mol. The van der Waals surface area contributed by atoms with Crippen LogP contribution in [0.25, 0.3) is 0 Å². The smallest absolute Gasteiger partial charge is 0.121 e. The van der Waals surface area contributed by atoms with Crippen molar-refractivity contribution in [3.8, 4) is 5.75 Å². The number of aliphatic hydroxyl groups is 1. The Labute approximate surface area is 102 Å². The number of nitrogens with two attached hydrogens (primary N) is 1. The van der Waals surface area contributed by atoms with Crippen molar-refractivity contribution in [2.45, 2.75) is 25.3 Å². The Bertz CT molecular complexity index is 382. The Balaban J connectivity index is 2.08. The second kappa shape index (κ2) is 5.27. The van der Waals surface area contributed by atoms with E-state index in [1.807, 2.05) is 18.2 Å². The van der Waals surface area contributed by atoms with Crippen LogP contribution in [0.1, 0.15) is 19.3 Å². The third kappa shape index (κ3) is 2.64. The van der Waals surface area contributed by atoms with Crippen LogP contribution in [0, 0.1) is 5.92 Å². The molecule has 4 heteroatoms. The SMILES string of the molecule is COc1ccc(NC2CCCC2CO)c(N)c1. The van der Waals surface area contributed by atoms with Gasteiger partial charge in [-0.2, -0.15) is 0 Å². The van der Waals surface area contributed by atoms with Gasteiger partial charge in [-0.25, -0.2) is 0 Å². The number of ether oxygens (including phenoxy) is 1. The molecule has 0 saturated heterocycles. The van der Waals surface area contributed by atoms with Gasteiger partial charge in [0.2, 0.25) is 0 Å². The van der Waals surface area contributed by atoms with Crippen molar-refractivity contribution in [1.82, 2.24) is 0 Å². The number of benzene rings is 1. The lowest BCUT2D eigenvalue weighted by Crippen LogP contribution is -2.26. The van der Waals surface area contributed by atoms with E-state index in [1.54, 1.807) is 7.11 Å². The van der Waals surface area contributed by atoms with Gasteiger partial charge in [-0.3, -0.25) is 0 Å². The number of aliphatic hydroxyl groups excluding tert-OH is 1. The van der Waals surface area contributed by atoms with Crippen LogP contribution in [0.5, 0.6) is 5.75 Å². The van der Waals surface area contributed by atoms with Crippen LogP contribution >= 0.6 is 0 Å². The van der Waals surface area contributed by atoms with Crippen LogP contribution in [-0.2, 0) is 0 Å². The van der Waals surface area contributed by atoms with E-state index in [0.29, 0.717) is 17.6 Å². The Hall–Kier alpha value is -1.42.